The molecule has 0 saturated carbocycles. The summed E-state index contributed by atoms with van der Waals surface area (Å²) in [4.78, 5) is 4.46. The molecule has 2 nitrogen and oxygen atoms in total. The van der Waals surface area contributed by atoms with Crippen LogP contribution in [0.25, 0.3) is 10.2 Å². The number of methoxy groups -OCH3 is 1. The van der Waals surface area contributed by atoms with Gasteiger partial charge in [-0.15, -0.1) is 11.3 Å². The normalized spacial score (nSPS) is 10.7. The van der Waals surface area contributed by atoms with Crippen LogP contribution in [0.15, 0.2) is 12.1 Å². The van der Waals surface area contributed by atoms with E-state index in [1.54, 1.807) is 18.4 Å². The Labute approximate surface area is 81.2 Å². The van der Waals surface area contributed by atoms with E-state index in [9.17, 15) is 0 Å². The van der Waals surface area contributed by atoms with Gasteiger partial charge in [0.25, 0.3) is 0 Å². The Hall–Kier alpha value is -1.09. The number of benzene rings is 1. The average Bonchev–Trinajstić information content (AvgIpc) is 2.48. The van der Waals surface area contributed by atoms with Gasteiger partial charge in [0, 0.05) is 0 Å². The fraction of sp³-hybridized carbons (Fsp3) is 0.300. The van der Waals surface area contributed by atoms with Gasteiger partial charge in [0.05, 0.1) is 22.3 Å². The lowest BCUT2D eigenvalue weighted by Gasteiger charge is -2.01. The van der Waals surface area contributed by atoms with E-state index < -0.39 is 0 Å². The van der Waals surface area contributed by atoms with Gasteiger partial charge in [0.1, 0.15) is 5.75 Å². The van der Waals surface area contributed by atoms with E-state index in [1.165, 1.54) is 5.56 Å². The molecule has 1 aromatic heterocycles. The van der Waals surface area contributed by atoms with Gasteiger partial charge in [0.2, 0.25) is 0 Å². The first-order valence-corrected chi connectivity index (χ1v) is 4.95. The fourth-order valence-electron chi connectivity index (χ4n) is 1.38. The Bertz CT molecular complexity index is 447. The van der Waals surface area contributed by atoms with Gasteiger partial charge in [-0.05, 0) is 25.5 Å². The minimum Gasteiger partial charge on any atom is -0.495 e. The van der Waals surface area contributed by atoms with Crippen molar-refractivity contribution < 1.29 is 4.74 Å². The van der Waals surface area contributed by atoms with Crippen LogP contribution in [0.4, 0.5) is 0 Å². The molecule has 0 fully saturated rings. The number of thiazole rings is 1. The van der Waals surface area contributed by atoms with Crippen LogP contribution in [0.2, 0.25) is 0 Å². The highest BCUT2D eigenvalue weighted by Gasteiger charge is 2.07. The van der Waals surface area contributed by atoms with Crippen molar-refractivity contribution in [2.75, 3.05) is 7.11 Å². The van der Waals surface area contributed by atoms with Crippen LogP contribution in [0.1, 0.15) is 10.6 Å². The Morgan fingerprint density at radius 1 is 1.31 bits per heavy atom. The zero-order valence-corrected chi connectivity index (χ0v) is 8.73. The zero-order valence-electron chi connectivity index (χ0n) is 7.92. The molecule has 0 spiro atoms. The molecule has 3 heteroatoms. The van der Waals surface area contributed by atoms with Gasteiger partial charge in [-0.25, -0.2) is 4.98 Å². The van der Waals surface area contributed by atoms with Crippen LogP contribution in [-0.4, -0.2) is 12.1 Å². The van der Waals surface area contributed by atoms with Gasteiger partial charge in [-0.3, -0.25) is 0 Å². The molecule has 0 amide bonds. The maximum Gasteiger partial charge on any atom is 0.138 e. The Morgan fingerprint density at radius 3 is 2.77 bits per heavy atom. The van der Waals surface area contributed by atoms with Gasteiger partial charge in [0.15, 0.2) is 0 Å². The second kappa shape index (κ2) is 3.00. The molecule has 0 aliphatic carbocycles. The summed E-state index contributed by atoms with van der Waals surface area (Å²) >= 11 is 1.68. The van der Waals surface area contributed by atoms with Gasteiger partial charge >= 0.3 is 0 Å². The summed E-state index contributed by atoms with van der Waals surface area (Å²) in [5, 5.41) is 1.09. The van der Waals surface area contributed by atoms with Crippen molar-refractivity contribution in [3.8, 4) is 5.75 Å². The fourth-order valence-corrected chi connectivity index (χ4v) is 2.36. The molecule has 0 saturated heterocycles. The molecule has 0 atom stereocenters. The average molecular weight is 193 g/mol. The maximum atomic E-state index is 5.27. The van der Waals surface area contributed by atoms with Crippen molar-refractivity contribution in [3.05, 3.63) is 22.7 Å². The smallest absolute Gasteiger partial charge is 0.138 e. The monoisotopic (exact) mass is 193 g/mol. The molecule has 0 aliphatic heterocycles. The molecule has 68 valence electrons. The number of ether oxygens (including phenoxy) is 1. The van der Waals surface area contributed by atoms with Crippen LogP contribution >= 0.6 is 11.3 Å². The summed E-state index contributed by atoms with van der Waals surface area (Å²) < 4.78 is 6.42. The molecule has 0 unspecified atom stereocenters. The quantitative estimate of drug-likeness (QED) is 0.694. The molecule has 1 aromatic carbocycles. The van der Waals surface area contributed by atoms with Crippen molar-refractivity contribution in [2.45, 2.75) is 13.8 Å². The maximum absolute atomic E-state index is 5.27. The highest BCUT2D eigenvalue weighted by atomic mass is 32.1. The molecular formula is C10H11NOS. The van der Waals surface area contributed by atoms with E-state index >= 15 is 0 Å². The third-order valence-corrected chi connectivity index (χ3v) is 3.02. The lowest BCUT2D eigenvalue weighted by atomic mass is 10.2. The molecule has 0 radical (unpaired) electrons. The van der Waals surface area contributed by atoms with Crippen LogP contribution in [-0.2, 0) is 0 Å². The number of aryl methyl sites for hydroxylation is 2. The number of hydrogen-bond acceptors (Lipinski definition) is 3. The number of fused-ring (bicyclic) bond motifs is 1. The van der Waals surface area contributed by atoms with Crippen LogP contribution in [0, 0.1) is 13.8 Å². The predicted molar refractivity (Wildman–Crippen MR) is 55.6 cm³/mol. The lowest BCUT2D eigenvalue weighted by Crippen LogP contribution is -1.84. The zero-order chi connectivity index (χ0) is 9.42. The number of rotatable bonds is 1. The SMILES string of the molecule is COc1ccc(C)c2nc(C)sc12. The molecule has 2 aromatic rings. The summed E-state index contributed by atoms with van der Waals surface area (Å²) in [6.45, 7) is 4.09. The number of aromatic nitrogens is 1. The minimum atomic E-state index is 0.922. The topological polar surface area (TPSA) is 22.1 Å². The van der Waals surface area contributed by atoms with Crippen LogP contribution in [0.5, 0.6) is 5.75 Å². The summed E-state index contributed by atoms with van der Waals surface area (Å²) in [7, 11) is 1.69. The van der Waals surface area contributed by atoms with Crippen molar-refractivity contribution in [1.82, 2.24) is 4.98 Å². The van der Waals surface area contributed by atoms with Crippen molar-refractivity contribution in [2.24, 2.45) is 0 Å². The summed E-state index contributed by atoms with van der Waals surface area (Å²) in [5.74, 6) is 0.922. The molecule has 0 N–H and O–H groups in total. The molecule has 2 rings (SSSR count). The summed E-state index contributed by atoms with van der Waals surface area (Å²) in [6, 6.07) is 4.04. The second-order valence-corrected chi connectivity index (χ2v) is 4.20. The third kappa shape index (κ3) is 1.29. The van der Waals surface area contributed by atoms with E-state index in [0.717, 1.165) is 21.0 Å². The number of nitrogens with zero attached hydrogens (tertiary/aromatic N) is 1. The van der Waals surface area contributed by atoms with Crippen molar-refractivity contribution >= 4 is 21.6 Å². The van der Waals surface area contributed by atoms with Crippen molar-refractivity contribution in [3.63, 3.8) is 0 Å². The van der Waals surface area contributed by atoms with E-state index in [4.69, 9.17) is 4.74 Å². The van der Waals surface area contributed by atoms with Gasteiger partial charge in [-0.1, -0.05) is 6.07 Å². The van der Waals surface area contributed by atoms with Gasteiger partial charge < -0.3 is 4.74 Å². The Kier molecular flexibility index (Phi) is 1.96. The van der Waals surface area contributed by atoms with Crippen molar-refractivity contribution in [1.29, 1.82) is 0 Å². The molecular weight excluding hydrogens is 182 g/mol. The first kappa shape index (κ1) is 8.51. The molecule has 0 aliphatic rings. The molecule has 1 heterocycles. The molecule has 0 bridgehead atoms. The Balaban J connectivity index is 2.83. The van der Waals surface area contributed by atoms with Crippen LogP contribution in [0.3, 0.4) is 0 Å². The van der Waals surface area contributed by atoms with E-state index in [-0.39, 0.29) is 0 Å². The second-order valence-electron chi connectivity index (χ2n) is 3.00. The third-order valence-electron chi connectivity index (χ3n) is 2.04. The summed E-state index contributed by atoms with van der Waals surface area (Å²) in [6.07, 6.45) is 0. The highest BCUT2D eigenvalue weighted by Crippen LogP contribution is 2.32. The van der Waals surface area contributed by atoms with Crippen LogP contribution < -0.4 is 4.74 Å². The minimum absolute atomic E-state index is 0.922. The summed E-state index contributed by atoms with van der Waals surface area (Å²) in [5.41, 5.74) is 2.28. The Morgan fingerprint density at radius 2 is 2.08 bits per heavy atom. The van der Waals surface area contributed by atoms with Gasteiger partial charge in [-0.2, -0.15) is 0 Å². The largest absolute Gasteiger partial charge is 0.495 e. The van der Waals surface area contributed by atoms with E-state index in [1.807, 2.05) is 19.1 Å². The first-order chi connectivity index (χ1) is 6.22. The lowest BCUT2D eigenvalue weighted by molar-refractivity contribution is 0.420. The number of hydrogen-bond donors (Lipinski definition) is 0. The molecule has 13 heavy (non-hydrogen) atoms. The first-order valence-electron chi connectivity index (χ1n) is 4.13. The highest BCUT2D eigenvalue weighted by molar-refractivity contribution is 7.18. The van der Waals surface area contributed by atoms with E-state index in [2.05, 4.69) is 11.9 Å². The predicted octanol–water partition coefficient (Wildman–Crippen LogP) is 2.92. The van der Waals surface area contributed by atoms with E-state index in [0.29, 0.717) is 0 Å². The standard InChI is InChI=1S/C10H11NOS/c1-6-4-5-8(12-3)10-9(6)11-7(2)13-10/h4-5H,1-3H3.